The minimum atomic E-state index is -0.104. The normalized spacial score (nSPS) is 10.4. The molecule has 0 unspecified atom stereocenters. The van der Waals surface area contributed by atoms with Crippen molar-refractivity contribution in [2.75, 3.05) is 5.32 Å². The highest BCUT2D eigenvalue weighted by atomic mass is 32.1. The van der Waals surface area contributed by atoms with Gasteiger partial charge in [-0.3, -0.25) is 9.89 Å². The first kappa shape index (κ1) is 13.5. The van der Waals surface area contributed by atoms with Gasteiger partial charge in [0, 0.05) is 12.2 Å². The lowest BCUT2D eigenvalue weighted by Gasteiger charge is -2.06. The van der Waals surface area contributed by atoms with Crippen LogP contribution in [0.1, 0.15) is 18.3 Å². The number of aryl methyl sites for hydroxylation is 1. The maximum absolute atomic E-state index is 11.9. The Morgan fingerprint density at radius 2 is 2.11 bits per heavy atom. The fraction of sp³-hybridized carbons (Fsp3) is 0.308. The molecule has 0 fully saturated rings. The SMILES string of the molecule is CCn1c(CC(=O)Nc2ccc(C)cc2)n[nH]c1=S. The quantitative estimate of drug-likeness (QED) is 0.843. The van der Waals surface area contributed by atoms with Crippen molar-refractivity contribution < 1.29 is 4.79 Å². The number of carbonyl (C=O) groups excluding carboxylic acids is 1. The number of nitrogens with zero attached hydrogens (tertiary/aromatic N) is 2. The van der Waals surface area contributed by atoms with Gasteiger partial charge in [-0.15, -0.1) is 0 Å². The minimum Gasteiger partial charge on any atom is -0.326 e. The molecular weight excluding hydrogens is 260 g/mol. The lowest BCUT2D eigenvalue weighted by molar-refractivity contribution is -0.115. The summed E-state index contributed by atoms with van der Waals surface area (Å²) in [6.07, 6.45) is 0.203. The average Bonchev–Trinajstić information content (AvgIpc) is 2.72. The number of benzene rings is 1. The number of amides is 1. The first-order chi connectivity index (χ1) is 9.10. The van der Waals surface area contributed by atoms with Gasteiger partial charge in [-0.2, -0.15) is 5.10 Å². The van der Waals surface area contributed by atoms with Gasteiger partial charge in [0.1, 0.15) is 5.82 Å². The molecular formula is C13H16N4OS. The predicted octanol–water partition coefficient (Wildman–Crippen LogP) is 2.45. The Kier molecular flexibility index (Phi) is 4.11. The van der Waals surface area contributed by atoms with Gasteiger partial charge in [-0.05, 0) is 38.2 Å². The molecule has 0 aliphatic carbocycles. The Morgan fingerprint density at radius 1 is 1.42 bits per heavy atom. The van der Waals surface area contributed by atoms with Crippen molar-refractivity contribution in [2.24, 2.45) is 0 Å². The van der Waals surface area contributed by atoms with Gasteiger partial charge in [-0.25, -0.2) is 0 Å². The number of hydrogen-bond acceptors (Lipinski definition) is 3. The third-order valence-corrected chi connectivity index (χ3v) is 3.12. The molecule has 0 atom stereocenters. The van der Waals surface area contributed by atoms with E-state index in [0.29, 0.717) is 17.1 Å². The van der Waals surface area contributed by atoms with Crippen LogP contribution in [-0.4, -0.2) is 20.7 Å². The molecule has 0 bridgehead atoms. The van der Waals surface area contributed by atoms with E-state index in [1.165, 1.54) is 0 Å². The van der Waals surface area contributed by atoms with Crippen molar-refractivity contribution in [3.8, 4) is 0 Å². The van der Waals surface area contributed by atoms with Crippen molar-refractivity contribution in [3.63, 3.8) is 0 Å². The van der Waals surface area contributed by atoms with Gasteiger partial charge < -0.3 is 9.88 Å². The van der Waals surface area contributed by atoms with E-state index in [0.717, 1.165) is 11.3 Å². The Morgan fingerprint density at radius 3 is 2.74 bits per heavy atom. The van der Waals surface area contributed by atoms with Crippen molar-refractivity contribution in [2.45, 2.75) is 26.8 Å². The highest BCUT2D eigenvalue weighted by molar-refractivity contribution is 7.71. The summed E-state index contributed by atoms with van der Waals surface area (Å²) < 4.78 is 2.35. The van der Waals surface area contributed by atoms with E-state index in [9.17, 15) is 4.79 Å². The van der Waals surface area contributed by atoms with E-state index < -0.39 is 0 Å². The van der Waals surface area contributed by atoms with Crippen LogP contribution in [0.15, 0.2) is 24.3 Å². The molecule has 2 N–H and O–H groups in total. The third kappa shape index (κ3) is 3.29. The number of aromatic nitrogens is 3. The fourth-order valence-electron chi connectivity index (χ4n) is 1.80. The molecule has 0 aliphatic heterocycles. The second-order valence-corrected chi connectivity index (χ2v) is 4.67. The molecule has 0 saturated carbocycles. The molecule has 1 amide bonds. The second kappa shape index (κ2) is 5.79. The zero-order valence-corrected chi connectivity index (χ0v) is 11.8. The molecule has 0 radical (unpaired) electrons. The molecule has 19 heavy (non-hydrogen) atoms. The van der Waals surface area contributed by atoms with E-state index in [1.54, 1.807) is 0 Å². The lowest BCUT2D eigenvalue weighted by Crippen LogP contribution is -2.17. The largest absolute Gasteiger partial charge is 0.326 e. The van der Waals surface area contributed by atoms with Gasteiger partial charge >= 0.3 is 0 Å². The van der Waals surface area contributed by atoms with Crippen LogP contribution in [-0.2, 0) is 17.8 Å². The number of H-pyrrole nitrogens is 1. The van der Waals surface area contributed by atoms with Crippen LogP contribution in [0.2, 0.25) is 0 Å². The van der Waals surface area contributed by atoms with Crippen molar-refractivity contribution in [1.82, 2.24) is 14.8 Å². The van der Waals surface area contributed by atoms with Gasteiger partial charge in [0.25, 0.3) is 0 Å². The molecule has 1 heterocycles. The molecule has 2 rings (SSSR count). The number of rotatable bonds is 4. The molecule has 0 saturated heterocycles. The van der Waals surface area contributed by atoms with E-state index in [4.69, 9.17) is 12.2 Å². The van der Waals surface area contributed by atoms with Crippen molar-refractivity contribution >= 4 is 23.8 Å². The summed E-state index contributed by atoms with van der Waals surface area (Å²) in [7, 11) is 0. The highest BCUT2D eigenvalue weighted by Gasteiger charge is 2.10. The third-order valence-electron chi connectivity index (χ3n) is 2.81. The topological polar surface area (TPSA) is 62.7 Å². The maximum Gasteiger partial charge on any atom is 0.232 e. The summed E-state index contributed by atoms with van der Waals surface area (Å²) in [5, 5.41) is 9.61. The lowest BCUT2D eigenvalue weighted by atomic mass is 10.2. The first-order valence-electron chi connectivity index (χ1n) is 6.10. The van der Waals surface area contributed by atoms with E-state index >= 15 is 0 Å². The van der Waals surface area contributed by atoms with Crippen LogP contribution in [0.4, 0.5) is 5.69 Å². The predicted molar refractivity (Wildman–Crippen MR) is 76.6 cm³/mol. The molecule has 1 aromatic carbocycles. The van der Waals surface area contributed by atoms with Crippen LogP contribution >= 0.6 is 12.2 Å². The summed E-state index contributed by atoms with van der Waals surface area (Å²) in [4.78, 5) is 11.9. The molecule has 2 aromatic rings. The van der Waals surface area contributed by atoms with Gasteiger partial charge in [0.05, 0.1) is 6.42 Å². The van der Waals surface area contributed by atoms with Gasteiger partial charge in [0.2, 0.25) is 5.91 Å². The number of hydrogen-bond donors (Lipinski definition) is 2. The second-order valence-electron chi connectivity index (χ2n) is 4.28. The molecule has 5 nitrogen and oxygen atoms in total. The molecule has 100 valence electrons. The number of anilines is 1. The van der Waals surface area contributed by atoms with Crippen LogP contribution in [0.3, 0.4) is 0 Å². The Bertz CT molecular complexity index is 627. The van der Waals surface area contributed by atoms with Crippen molar-refractivity contribution in [1.29, 1.82) is 0 Å². The maximum atomic E-state index is 11.9. The van der Waals surface area contributed by atoms with E-state index in [-0.39, 0.29) is 12.3 Å². The molecule has 6 heteroatoms. The van der Waals surface area contributed by atoms with Crippen LogP contribution in [0, 0.1) is 11.7 Å². The Hall–Kier alpha value is -1.95. The Labute approximate surface area is 116 Å². The van der Waals surface area contributed by atoms with Crippen LogP contribution in [0.5, 0.6) is 0 Å². The Balaban J connectivity index is 2.05. The number of aromatic amines is 1. The summed E-state index contributed by atoms with van der Waals surface area (Å²) in [5.41, 5.74) is 1.94. The number of carbonyl (C=O) groups is 1. The standard InChI is InChI=1S/C13H16N4OS/c1-3-17-11(15-16-13(17)19)8-12(18)14-10-6-4-9(2)5-7-10/h4-7H,3,8H2,1-2H3,(H,14,18)(H,16,19). The zero-order valence-electron chi connectivity index (χ0n) is 10.9. The summed E-state index contributed by atoms with van der Waals surface area (Å²) in [6, 6.07) is 7.67. The fourth-order valence-corrected chi connectivity index (χ4v) is 2.08. The molecule has 1 aromatic heterocycles. The summed E-state index contributed by atoms with van der Waals surface area (Å²) >= 11 is 5.08. The van der Waals surface area contributed by atoms with E-state index in [2.05, 4.69) is 15.5 Å². The van der Waals surface area contributed by atoms with Crippen molar-refractivity contribution in [3.05, 3.63) is 40.4 Å². The monoisotopic (exact) mass is 276 g/mol. The molecule has 0 aliphatic rings. The van der Waals surface area contributed by atoms with E-state index in [1.807, 2.05) is 42.7 Å². The number of nitrogens with one attached hydrogen (secondary N) is 2. The summed E-state index contributed by atoms with van der Waals surface area (Å²) in [6.45, 7) is 4.67. The smallest absolute Gasteiger partial charge is 0.232 e. The minimum absolute atomic E-state index is 0.104. The molecule has 0 spiro atoms. The van der Waals surface area contributed by atoms with Gasteiger partial charge in [0.15, 0.2) is 4.77 Å². The average molecular weight is 276 g/mol. The first-order valence-corrected chi connectivity index (χ1v) is 6.51. The zero-order chi connectivity index (χ0) is 13.8. The van der Waals surface area contributed by atoms with Crippen LogP contribution in [0.25, 0.3) is 0 Å². The summed E-state index contributed by atoms with van der Waals surface area (Å²) in [5.74, 6) is 0.546. The van der Waals surface area contributed by atoms with Gasteiger partial charge in [-0.1, -0.05) is 17.7 Å². The van der Waals surface area contributed by atoms with Crippen LogP contribution < -0.4 is 5.32 Å². The highest BCUT2D eigenvalue weighted by Crippen LogP contribution is 2.09.